The molecule has 1 saturated heterocycles. The highest BCUT2D eigenvalue weighted by molar-refractivity contribution is 5.75. The minimum Gasteiger partial charge on any atom is -0.492 e. The molecule has 0 aliphatic carbocycles. The molecule has 2 atom stereocenters. The summed E-state index contributed by atoms with van der Waals surface area (Å²) in [5.74, 6) is -0.146. The van der Waals surface area contributed by atoms with Crippen molar-refractivity contribution in [1.82, 2.24) is 19.5 Å². The smallest absolute Gasteiger partial charge is 0.242 e. The van der Waals surface area contributed by atoms with Crippen LogP contribution in [0.15, 0.2) is 12.7 Å². The summed E-state index contributed by atoms with van der Waals surface area (Å²) in [5.41, 5.74) is 0.871. The van der Waals surface area contributed by atoms with Crippen molar-refractivity contribution < 1.29 is 14.9 Å². The average molecular weight is 235 g/mol. The second kappa shape index (κ2) is 3.94. The van der Waals surface area contributed by atoms with Crippen molar-refractivity contribution >= 4 is 11.2 Å². The molecular formula is C10H11N4O3. The molecule has 3 heterocycles. The molecule has 1 fully saturated rings. The molecule has 7 heteroatoms. The van der Waals surface area contributed by atoms with E-state index in [2.05, 4.69) is 15.0 Å². The molecule has 17 heavy (non-hydrogen) atoms. The first-order valence-electron chi connectivity index (χ1n) is 5.39. The Morgan fingerprint density at radius 1 is 1.41 bits per heavy atom. The van der Waals surface area contributed by atoms with Gasteiger partial charge in [0.25, 0.3) is 0 Å². The van der Waals surface area contributed by atoms with E-state index in [9.17, 15) is 10.2 Å². The van der Waals surface area contributed by atoms with Crippen molar-refractivity contribution in [3.8, 4) is 5.88 Å². The van der Waals surface area contributed by atoms with Crippen LogP contribution in [0, 0.1) is 0 Å². The van der Waals surface area contributed by atoms with Crippen LogP contribution in [-0.2, 0) is 9.84 Å². The van der Waals surface area contributed by atoms with Crippen LogP contribution in [0.4, 0.5) is 0 Å². The van der Waals surface area contributed by atoms with Gasteiger partial charge in [0.2, 0.25) is 5.88 Å². The molecule has 3 rings (SSSR count). The van der Waals surface area contributed by atoms with E-state index in [4.69, 9.17) is 4.74 Å². The summed E-state index contributed by atoms with van der Waals surface area (Å²) >= 11 is 0. The van der Waals surface area contributed by atoms with Gasteiger partial charge < -0.3 is 9.84 Å². The SMILES string of the molecule is [O]C[C@@H]1CC[C@H](n2cnc3c(O)ncnc32)O1. The summed E-state index contributed by atoms with van der Waals surface area (Å²) < 4.78 is 7.30. The first kappa shape index (κ1) is 10.4. The van der Waals surface area contributed by atoms with Crippen LogP contribution in [-0.4, -0.2) is 37.3 Å². The quantitative estimate of drug-likeness (QED) is 0.824. The molecule has 1 radical (unpaired) electrons. The van der Waals surface area contributed by atoms with Crippen LogP contribution in [0.1, 0.15) is 19.1 Å². The van der Waals surface area contributed by atoms with E-state index < -0.39 is 0 Å². The lowest BCUT2D eigenvalue weighted by atomic mass is 10.2. The van der Waals surface area contributed by atoms with Crippen LogP contribution < -0.4 is 0 Å². The molecule has 0 spiro atoms. The summed E-state index contributed by atoms with van der Waals surface area (Å²) in [7, 11) is 0. The lowest BCUT2D eigenvalue weighted by Crippen LogP contribution is -2.13. The number of ether oxygens (including phenoxy) is 1. The van der Waals surface area contributed by atoms with E-state index in [1.54, 1.807) is 10.9 Å². The molecule has 7 nitrogen and oxygen atoms in total. The maximum Gasteiger partial charge on any atom is 0.242 e. The number of fused-ring (bicyclic) bond motifs is 1. The highest BCUT2D eigenvalue weighted by Gasteiger charge is 2.28. The largest absolute Gasteiger partial charge is 0.492 e. The van der Waals surface area contributed by atoms with E-state index in [-0.39, 0.29) is 24.8 Å². The minimum absolute atomic E-state index is 0.146. The second-order valence-corrected chi connectivity index (χ2v) is 3.98. The van der Waals surface area contributed by atoms with Crippen LogP contribution >= 0.6 is 0 Å². The minimum atomic E-state index is -0.243. The maximum absolute atomic E-state index is 10.7. The Hall–Kier alpha value is -1.73. The summed E-state index contributed by atoms with van der Waals surface area (Å²) in [4.78, 5) is 11.8. The van der Waals surface area contributed by atoms with Gasteiger partial charge in [0.05, 0.1) is 12.4 Å². The fraction of sp³-hybridized carbons (Fsp3) is 0.500. The molecule has 0 unspecified atom stereocenters. The maximum atomic E-state index is 10.7. The molecule has 0 aromatic carbocycles. The Labute approximate surface area is 96.7 Å². The fourth-order valence-corrected chi connectivity index (χ4v) is 2.06. The van der Waals surface area contributed by atoms with Crippen LogP contribution in [0.5, 0.6) is 5.88 Å². The molecule has 2 aromatic heterocycles. The van der Waals surface area contributed by atoms with Crippen molar-refractivity contribution in [2.24, 2.45) is 0 Å². The zero-order valence-electron chi connectivity index (χ0n) is 8.98. The van der Waals surface area contributed by atoms with Gasteiger partial charge in [-0.1, -0.05) is 0 Å². The number of aromatic hydroxyl groups is 1. The number of hydrogen-bond acceptors (Lipinski definition) is 5. The van der Waals surface area contributed by atoms with Crippen LogP contribution in [0.2, 0.25) is 0 Å². The third-order valence-electron chi connectivity index (χ3n) is 2.92. The Bertz CT molecular complexity index is 541. The van der Waals surface area contributed by atoms with Crippen molar-refractivity contribution in [2.75, 3.05) is 6.61 Å². The average Bonchev–Trinajstić information content (AvgIpc) is 2.94. The Balaban J connectivity index is 1.99. The van der Waals surface area contributed by atoms with E-state index >= 15 is 0 Å². The summed E-state index contributed by atoms with van der Waals surface area (Å²) in [6.45, 7) is -0.233. The van der Waals surface area contributed by atoms with Gasteiger partial charge in [-0.15, -0.1) is 0 Å². The van der Waals surface area contributed by atoms with Crippen molar-refractivity contribution in [3.63, 3.8) is 0 Å². The predicted octanol–water partition coefficient (Wildman–Crippen LogP) is 0.640. The second-order valence-electron chi connectivity index (χ2n) is 3.98. The molecule has 2 aromatic rings. The molecule has 0 saturated carbocycles. The van der Waals surface area contributed by atoms with Crippen molar-refractivity contribution in [2.45, 2.75) is 25.2 Å². The molecule has 1 aliphatic rings. The van der Waals surface area contributed by atoms with Gasteiger partial charge >= 0.3 is 0 Å². The standard InChI is InChI=1S/C10H11N4O3/c15-3-6-1-2-7(17-6)14-5-13-8-9(14)11-4-12-10(8)16/h4-7H,1-3H2,(H,11,12,16)/t6-,7+/m0/s1. The van der Waals surface area contributed by atoms with Gasteiger partial charge in [-0.2, -0.15) is 4.98 Å². The molecule has 1 N–H and O–H groups in total. The number of hydrogen-bond donors (Lipinski definition) is 1. The third-order valence-corrected chi connectivity index (χ3v) is 2.92. The predicted molar refractivity (Wildman–Crippen MR) is 55.7 cm³/mol. The summed E-state index contributed by atoms with van der Waals surface area (Å²) in [6.07, 6.45) is 3.85. The van der Waals surface area contributed by atoms with Gasteiger partial charge in [0.15, 0.2) is 11.2 Å². The molecule has 0 bridgehead atoms. The van der Waals surface area contributed by atoms with E-state index in [0.717, 1.165) is 12.8 Å². The number of nitrogens with zero attached hydrogens (tertiary/aromatic N) is 4. The summed E-state index contributed by atoms with van der Waals surface area (Å²) in [6, 6.07) is 0. The normalized spacial score (nSPS) is 24.5. The van der Waals surface area contributed by atoms with E-state index in [1.807, 2.05) is 0 Å². The topological polar surface area (TPSA) is 93.0 Å². The molecular weight excluding hydrogens is 224 g/mol. The van der Waals surface area contributed by atoms with E-state index in [0.29, 0.717) is 11.2 Å². The number of imidazole rings is 1. The third kappa shape index (κ3) is 1.63. The van der Waals surface area contributed by atoms with Crippen LogP contribution in [0.25, 0.3) is 11.2 Å². The van der Waals surface area contributed by atoms with Gasteiger partial charge in [-0.05, 0) is 12.8 Å². The van der Waals surface area contributed by atoms with Gasteiger partial charge in [0, 0.05) is 0 Å². The fourth-order valence-electron chi connectivity index (χ4n) is 2.06. The summed E-state index contributed by atoms with van der Waals surface area (Å²) in [5, 5.41) is 20.3. The zero-order chi connectivity index (χ0) is 11.8. The zero-order valence-corrected chi connectivity index (χ0v) is 8.98. The van der Waals surface area contributed by atoms with Gasteiger partial charge in [-0.25, -0.2) is 15.1 Å². The number of aromatic nitrogens is 4. The molecule has 0 amide bonds. The van der Waals surface area contributed by atoms with Crippen LogP contribution in [0.3, 0.4) is 0 Å². The van der Waals surface area contributed by atoms with E-state index in [1.165, 1.54) is 6.33 Å². The Morgan fingerprint density at radius 2 is 2.29 bits per heavy atom. The Kier molecular flexibility index (Phi) is 2.41. The number of rotatable bonds is 2. The first-order valence-corrected chi connectivity index (χ1v) is 5.39. The van der Waals surface area contributed by atoms with Gasteiger partial charge in [0.1, 0.15) is 19.2 Å². The lowest BCUT2D eigenvalue weighted by molar-refractivity contribution is -0.0352. The van der Waals surface area contributed by atoms with Crippen molar-refractivity contribution in [3.05, 3.63) is 12.7 Å². The van der Waals surface area contributed by atoms with Gasteiger partial charge in [-0.3, -0.25) is 4.57 Å². The first-order chi connectivity index (χ1) is 8.29. The highest BCUT2D eigenvalue weighted by atomic mass is 16.5. The Morgan fingerprint density at radius 3 is 3.06 bits per heavy atom. The molecule has 1 aliphatic heterocycles. The monoisotopic (exact) mass is 235 g/mol. The lowest BCUT2D eigenvalue weighted by Gasteiger charge is -2.13. The highest BCUT2D eigenvalue weighted by Crippen LogP contribution is 2.31. The van der Waals surface area contributed by atoms with Crippen molar-refractivity contribution in [1.29, 1.82) is 0 Å². The molecule has 89 valence electrons.